The van der Waals surface area contributed by atoms with Gasteiger partial charge in [0.1, 0.15) is 0 Å². The minimum Gasteiger partial charge on any atom is -0.493 e. The summed E-state index contributed by atoms with van der Waals surface area (Å²) in [7, 11) is 0. The monoisotopic (exact) mass is 288 g/mol. The number of thiazole rings is 1. The van der Waals surface area contributed by atoms with Gasteiger partial charge in [0.25, 0.3) is 0 Å². The molecule has 0 amide bonds. The fraction of sp³-hybridized carbons (Fsp3) is 0.143. The van der Waals surface area contributed by atoms with E-state index < -0.39 is 0 Å². The third kappa shape index (κ3) is 2.05. The van der Waals surface area contributed by atoms with Crippen LogP contribution in [0.2, 0.25) is 0 Å². The molecule has 1 aromatic carbocycles. The second-order valence-corrected chi connectivity index (χ2v) is 5.85. The summed E-state index contributed by atoms with van der Waals surface area (Å²) in [5, 5.41) is 10.1. The van der Waals surface area contributed by atoms with Gasteiger partial charge in [-0.1, -0.05) is 18.2 Å². The molecule has 96 valence electrons. The topological polar surface area (TPSA) is 37.5 Å². The Bertz CT molecular complexity index is 753. The largest absolute Gasteiger partial charge is 0.493 e. The van der Waals surface area contributed by atoms with E-state index in [1.807, 2.05) is 43.5 Å². The van der Waals surface area contributed by atoms with Crippen molar-refractivity contribution in [2.75, 3.05) is 0 Å². The smallest absolute Gasteiger partial charge is 0.210 e. The van der Waals surface area contributed by atoms with Crippen LogP contribution in [0.3, 0.4) is 0 Å². The van der Waals surface area contributed by atoms with Crippen molar-refractivity contribution in [2.24, 2.45) is 4.99 Å². The highest BCUT2D eigenvalue weighted by atomic mass is 32.1. The zero-order valence-corrected chi connectivity index (χ0v) is 12.0. The van der Waals surface area contributed by atoms with Crippen molar-refractivity contribution >= 4 is 47.1 Å². The molecule has 0 saturated carbocycles. The SMILES string of the molecule is CCn1c(O)c(C=C2C=Nc3ccccc32)sc1=S. The number of para-hydroxylation sites is 1. The molecule has 0 atom stereocenters. The molecule has 0 fully saturated rings. The molecule has 0 radical (unpaired) electrons. The number of benzene rings is 1. The van der Waals surface area contributed by atoms with Crippen molar-refractivity contribution in [2.45, 2.75) is 13.5 Å². The molecule has 1 aliphatic heterocycles. The molecule has 0 bridgehead atoms. The lowest BCUT2D eigenvalue weighted by Crippen LogP contribution is -1.91. The maximum atomic E-state index is 10.1. The standard InChI is InChI=1S/C14H12N2OS2/c1-2-16-13(17)12(19-14(16)18)7-9-8-15-11-6-4-3-5-10(9)11/h3-8,17H,2H2,1H3. The van der Waals surface area contributed by atoms with Gasteiger partial charge in [-0.25, -0.2) is 0 Å². The Morgan fingerprint density at radius 1 is 1.42 bits per heavy atom. The molecular formula is C14H12N2OS2. The van der Waals surface area contributed by atoms with Gasteiger partial charge in [0.05, 0.1) is 10.6 Å². The Balaban J connectivity index is 2.10. The number of hydrogen-bond acceptors (Lipinski definition) is 4. The van der Waals surface area contributed by atoms with Gasteiger partial charge in [0.2, 0.25) is 5.88 Å². The summed E-state index contributed by atoms with van der Waals surface area (Å²) in [4.78, 5) is 5.14. The van der Waals surface area contributed by atoms with Crippen molar-refractivity contribution in [1.82, 2.24) is 4.57 Å². The summed E-state index contributed by atoms with van der Waals surface area (Å²) in [6, 6.07) is 7.96. The van der Waals surface area contributed by atoms with Crippen LogP contribution in [0.4, 0.5) is 5.69 Å². The van der Waals surface area contributed by atoms with Gasteiger partial charge < -0.3 is 5.11 Å². The van der Waals surface area contributed by atoms with Gasteiger partial charge in [0, 0.05) is 23.9 Å². The predicted molar refractivity (Wildman–Crippen MR) is 82.9 cm³/mol. The van der Waals surface area contributed by atoms with Crippen LogP contribution in [0.15, 0.2) is 29.3 Å². The van der Waals surface area contributed by atoms with Crippen LogP contribution in [0.25, 0.3) is 11.6 Å². The Hall–Kier alpha value is -1.72. The Morgan fingerprint density at radius 3 is 2.95 bits per heavy atom. The normalized spacial score (nSPS) is 15.1. The predicted octanol–water partition coefficient (Wildman–Crippen LogP) is 4.26. The first-order valence-electron chi connectivity index (χ1n) is 5.98. The van der Waals surface area contributed by atoms with Crippen LogP contribution in [0.5, 0.6) is 5.88 Å². The first kappa shape index (κ1) is 12.3. The highest BCUT2D eigenvalue weighted by Gasteiger charge is 2.14. The Kier molecular flexibility index (Phi) is 3.08. The third-order valence-electron chi connectivity index (χ3n) is 3.05. The van der Waals surface area contributed by atoms with E-state index in [1.165, 1.54) is 11.3 Å². The van der Waals surface area contributed by atoms with Crippen LogP contribution in [-0.2, 0) is 6.54 Å². The molecule has 0 spiro atoms. The summed E-state index contributed by atoms with van der Waals surface area (Å²) in [6.45, 7) is 2.64. The average molecular weight is 288 g/mol. The lowest BCUT2D eigenvalue weighted by Gasteiger charge is -2.00. The summed E-state index contributed by atoms with van der Waals surface area (Å²) in [6.07, 6.45) is 3.76. The maximum absolute atomic E-state index is 10.1. The molecule has 19 heavy (non-hydrogen) atoms. The van der Waals surface area contributed by atoms with Crippen LogP contribution in [0, 0.1) is 3.95 Å². The number of hydrogen-bond donors (Lipinski definition) is 1. The zero-order chi connectivity index (χ0) is 13.4. The van der Waals surface area contributed by atoms with E-state index in [0.29, 0.717) is 10.5 Å². The van der Waals surface area contributed by atoms with Gasteiger partial charge in [-0.05, 0) is 31.3 Å². The molecule has 1 aromatic heterocycles. The third-order valence-corrected chi connectivity index (χ3v) is 4.44. The summed E-state index contributed by atoms with van der Waals surface area (Å²) in [5.74, 6) is 0.239. The van der Waals surface area contributed by atoms with E-state index in [9.17, 15) is 5.11 Å². The van der Waals surface area contributed by atoms with Crippen LogP contribution >= 0.6 is 23.6 Å². The Labute approximate surface area is 120 Å². The first-order valence-corrected chi connectivity index (χ1v) is 7.21. The highest BCUT2D eigenvalue weighted by Crippen LogP contribution is 2.35. The molecule has 3 nitrogen and oxygen atoms in total. The van der Waals surface area contributed by atoms with Crippen molar-refractivity contribution in [1.29, 1.82) is 0 Å². The molecular weight excluding hydrogens is 276 g/mol. The van der Waals surface area contributed by atoms with Crippen molar-refractivity contribution in [3.63, 3.8) is 0 Å². The van der Waals surface area contributed by atoms with Crippen molar-refractivity contribution in [3.8, 4) is 5.88 Å². The van der Waals surface area contributed by atoms with Crippen molar-refractivity contribution < 1.29 is 5.11 Å². The minimum atomic E-state index is 0.239. The molecule has 0 unspecified atom stereocenters. The molecule has 3 rings (SSSR count). The molecule has 2 aromatic rings. The second-order valence-electron chi connectivity index (χ2n) is 4.18. The van der Waals surface area contributed by atoms with Gasteiger partial charge >= 0.3 is 0 Å². The van der Waals surface area contributed by atoms with E-state index in [4.69, 9.17) is 12.2 Å². The number of rotatable bonds is 2. The van der Waals surface area contributed by atoms with E-state index in [0.717, 1.165) is 21.7 Å². The van der Waals surface area contributed by atoms with Crippen LogP contribution in [-0.4, -0.2) is 15.9 Å². The van der Waals surface area contributed by atoms with E-state index in [2.05, 4.69) is 4.99 Å². The fourth-order valence-electron chi connectivity index (χ4n) is 2.08. The number of nitrogens with zero attached hydrogens (tertiary/aromatic N) is 2. The van der Waals surface area contributed by atoms with Gasteiger partial charge in [-0.2, -0.15) is 0 Å². The molecule has 0 aliphatic carbocycles. The first-order chi connectivity index (χ1) is 9.20. The summed E-state index contributed by atoms with van der Waals surface area (Å²) >= 11 is 6.65. The highest BCUT2D eigenvalue weighted by molar-refractivity contribution is 7.73. The van der Waals surface area contributed by atoms with Gasteiger partial charge in [-0.3, -0.25) is 9.56 Å². The number of aromatic hydroxyl groups is 1. The van der Waals surface area contributed by atoms with E-state index in [1.54, 1.807) is 4.57 Å². The summed E-state index contributed by atoms with van der Waals surface area (Å²) in [5.41, 5.74) is 3.06. The lowest BCUT2D eigenvalue weighted by atomic mass is 10.1. The molecule has 0 saturated heterocycles. The van der Waals surface area contributed by atoms with E-state index >= 15 is 0 Å². The quantitative estimate of drug-likeness (QED) is 0.838. The summed E-state index contributed by atoms with van der Waals surface area (Å²) < 4.78 is 2.42. The maximum Gasteiger partial charge on any atom is 0.210 e. The van der Waals surface area contributed by atoms with Gasteiger partial charge in [-0.15, -0.1) is 11.3 Å². The number of aromatic nitrogens is 1. The lowest BCUT2D eigenvalue weighted by molar-refractivity contribution is 0.419. The van der Waals surface area contributed by atoms with Crippen LogP contribution in [0.1, 0.15) is 17.4 Å². The van der Waals surface area contributed by atoms with E-state index in [-0.39, 0.29) is 5.88 Å². The minimum absolute atomic E-state index is 0.239. The zero-order valence-electron chi connectivity index (χ0n) is 10.3. The molecule has 2 heterocycles. The molecule has 1 N–H and O–H groups in total. The van der Waals surface area contributed by atoms with Crippen LogP contribution < -0.4 is 0 Å². The number of aliphatic imine (C=N–C) groups is 1. The molecule has 1 aliphatic rings. The molecule has 5 heteroatoms. The average Bonchev–Trinajstić information content (AvgIpc) is 2.93. The second kappa shape index (κ2) is 4.75. The van der Waals surface area contributed by atoms with Crippen molar-refractivity contribution in [3.05, 3.63) is 38.7 Å². The Morgan fingerprint density at radius 2 is 2.21 bits per heavy atom. The van der Waals surface area contributed by atoms with Gasteiger partial charge in [0.15, 0.2) is 3.95 Å². The number of fused-ring (bicyclic) bond motifs is 1. The fourth-order valence-corrected chi connectivity index (χ4v) is 3.47. The number of allylic oxidation sites excluding steroid dienone is 1.